The molecule has 0 unspecified atom stereocenters. The number of ether oxygens (including phenoxy) is 2. The van der Waals surface area contributed by atoms with Crippen LogP contribution in [0.25, 0.3) is 4.96 Å². The van der Waals surface area contributed by atoms with Crippen molar-refractivity contribution in [2.75, 3.05) is 33.4 Å². The number of halogens is 1. The number of imidazole rings is 1. The summed E-state index contributed by atoms with van der Waals surface area (Å²) >= 11 is 7.80. The van der Waals surface area contributed by atoms with Crippen LogP contribution in [0, 0.1) is 0 Å². The molecular formula is C19H20ClN3O6S. The summed E-state index contributed by atoms with van der Waals surface area (Å²) < 4.78 is 17.9. The topological polar surface area (TPSA) is 107 Å². The highest BCUT2D eigenvalue weighted by molar-refractivity contribution is 7.15. The molecule has 1 aliphatic heterocycles. The Bertz CT molecular complexity index is 1120. The van der Waals surface area contributed by atoms with E-state index in [4.69, 9.17) is 25.5 Å². The lowest BCUT2D eigenvalue weighted by atomic mass is 9.96. The van der Waals surface area contributed by atoms with E-state index in [0.717, 1.165) is 0 Å². The lowest BCUT2D eigenvalue weighted by molar-refractivity contribution is -0.135. The average Bonchev–Trinajstić information content (AvgIpc) is 3.30. The molecule has 30 heavy (non-hydrogen) atoms. The van der Waals surface area contributed by atoms with Gasteiger partial charge in [-0.05, 0) is 0 Å². The minimum atomic E-state index is -0.818. The highest BCUT2D eigenvalue weighted by Crippen LogP contribution is 2.38. The largest absolute Gasteiger partial charge is 0.502 e. The van der Waals surface area contributed by atoms with Gasteiger partial charge in [-0.1, -0.05) is 11.6 Å². The number of hydrogen-bond donors (Lipinski definition) is 1. The molecule has 4 heterocycles. The molecule has 4 rings (SSSR count). The molecule has 3 aromatic rings. The number of methoxy groups -OCH3 is 1. The second-order valence-electron chi connectivity index (χ2n) is 6.82. The van der Waals surface area contributed by atoms with Gasteiger partial charge in [0.15, 0.2) is 15.9 Å². The van der Waals surface area contributed by atoms with E-state index in [9.17, 15) is 14.7 Å². The van der Waals surface area contributed by atoms with Crippen LogP contribution >= 0.6 is 22.9 Å². The number of thiazole rings is 1. The molecule has 0 bridgehead atoms. The predicted octanol–water partition coefficient (Wildman–Crippen LogP) is 2.24. The molecule has 0 saturated carbocycles. The van der Waals surface area contributed by atoms with Crippen LogP contribution in [-0.4, -0.2) is 58.7 Å². The minimum Gasteiger partial charge on any atom is -0.502 e. The van der Waals surface area contributed by atoms with Gasteiger partial charge in [0, 0.05) is 44.3 Å². The molecule has 9 nitrogen and oxygen atoms in total. The van der Waals surface area contributed by atoms with Gasteiger partial charge in [0.1, 0.15) is 12.4 Å². The Morgan fingerprint density at radius 3 is 2.93 bits per heavy atom. The van der Waals surface area contributed by atoms with E-state index >= 15 is 0 Å². The molecule has 0 spiro atoms. The maximum atomic E-state index is 13.0. The van der Waals surface area contributed by atoms with Crippen molar-refractivity contribution in [2.45, 2.75) is 18.9 Å². The summed E-state index contributed by atoms with van der Waals surface area (Å²) in [4.78, 5) is 32.1. The Morgan fingerprint density at radius 2 is 2.20 bits per heavy atom. The summed E-state index contributed by atoms with van der Waals surface area (Å²) in [7, 11) is 1.47. The monoisotopic (exact) mass is 453 g/mol. The van der Waals surface area contributed by atoms with Crippen molar-refractivity contribution >= 4 is 33.8 Å². The summed E-state index contributed by atoms with van der Waals surface area (Å²) in [5.41, 5.74) is -0.142. The summed E-state index contributed by atoms with van der Waals surface area (Å²) in [5.74, 6) is -1.34. The molecule has 1 fully saturated rings. The summed E-state index contributed by atoms with van der Waals surface area (Å²) in [6.45, 7) is 1.91. The SMILES string of the molecule is COCc1cc(=O)c(O)c([C@@H](CC(=O)N2CCOCC2)c2c(Cl)nc3sccn23)o1. The Balaban J connectivity index is 1.82. The zero-order valence-electron chi connectivity index (χ0n) is 16.2. The average molecular weight is 454 g/mol. The number of nitrogens with zero attached hydrogens (tertiary/aromatic N) is 3. The number of morpholine rings is 1. The predicted molar refractivity (Wildman–Crippen MR) is 109 cm³/mol. The van der Waals surface area contributed by atoms with Crippen LogP contribution in [-0.2, 0) is 20.9 Å². The molecule has 3 aromatic heterocycles. The van der Waals surface area contributed by atoms with Crippen LogP contribution in [0.5, 0.6) is 5.75 Å². The van der Waals surface area contributed by atoms with Crippen molar-refractivity contribution in [3.63, 3.8) is 0 Å². The van der Waals surface area contributed by atoms with Gasteiger partial charge in [-0.15, -0.1) is 11.3 Å². The van der Waals surface area contributed by atoms with Gasteiger partial charge in [-0.2, -0.15) is 0 Å². The van der Waals surface area contributed by atoms with Gasteiger partial charge in [-0.3, -0.25) is 14.0 Å². The van der Waals surface area contributed by atoms with Gasteiger partial charge < -0.3 is 23.9 Å². The van der Waals surface area contributed by atoms with E-state index in [1.54, 1.807) is 15.5 Å². The van der Waals surface area contributed by atoms with Crippen LogP contribution in [0.1, 0.15) is 29.6 Å². The molecule has 160 valence electrons. The molecule has 1 amide bonds. The van der Waals surface area contributed by atoms with E-state index < -0.39 is 17.1 Å². The molecule has 11 heteroatoms. The molecule has 1 aliphatic rings. The molecule has 0 radical (unpaired) electrons. The van der Waals surface area contributed by atoms with Crippen molar-refractivity contribution in [3.05, 3.63) is 50.2 Å². The van der Waals surface area contributed by atoms with Crippen molar-refractivity contribution < 1.29 is 23.8 Å². The van der Waals surface area contributed by atoms with Crippen LogP contribution < -0.4 is 5.43 Å². The van der Waals surface area contributed by atoms with Gasteiger partial charge in [0.2, 0.25) is 17.1 Å². The van der Waals surface area contributed by atoms with Crippen LogP contribution in [0.3, 0.4) is 0 Å². The molecule has 0 aliphatic carbocycles. The van der Waals surface area contributed by atoms with E-state index in [1.165, 1.54) is 24.5 Å². The molecule has 1 atom stereocenters. The van der Waals surface area contributed by atoms with Crippen molar-refractivity contribution in [1.82, 2.24) is 14.3 Å². The number of carbonyl (C=O) groups is 1. The Kier molecular flexibility index (Phi) is 6.09. The number of fused-ring (bicyclic) bond motifs is 1. The van der Waals surface area contributed by atoms with E-state index in [2.05, 4.69) is 4.98 Å². The number of hydrogen-bond acceptors (Lipinski definition) is 8. The maximum Gasteiger partial charge on any atom is 0.227 e. The molecular weight excluding hydrogens is 434 g/mol. The standard InChI is InChI=1S/C19H20ClN3O6S/c1-27-10-11-8-13(24)16(26)17(29-11)12(9-14(25)22-2-5-28-6-3-22)15-18(20)21-19-23(15)4-7-30-19/h4,7-8,12,26H,2-3,5-6,9-10H2,1H3/t12-/m0/s1. The highest BCUT2D eigenvalue weighted by Gasteiger charge is 2.33. The molecule has 1 saturated heterocycles. The maximum absolute atomic E-state index is 13.0. The Morgan fingerprint density at radius 1 is 1.43 bits per heavy atom. The summed E-state index contributed by atoms with van der Waals surface area (Å²) in [6.07, 6.45) is 1.71. The number of carbonyl (C=O) groups excluding carboxylic acids is 1. The quantitative estimate of drug-likeness (QED) is 0.609. The second-order valence-corrected chi connectivity index (χ2v) is 8.05. The first-order valence-electron chi connectivity index (χ1n) is 9.31. The van der Waals surface area contributed by atoms with Gasteiger partial charge in [0.25, 0.3) is 0 Å². The number of rotatable bonds is 6. The fourth-order valence-corrected chi connectivity index (χ4v) is 4.60. The first-order valence-corrected chi connectivity index (χ1v) is 10.6. The van der Waals surface area contributed by atoms with Crippen molar-refractivity contribution in [3.8, 4) is 5.75 Å². The van der Waals surface area contributed by atoms with E-state index in [1.807, 2.05) is 5.38 Å². The number of aromatic nitrogens is 2. The minimum absolute atomic E-state index is 0.0361. The van der Waals surface area contributed by atoms with E-state index in [0.29, 0.717) is 37.0 Å². The van der Waals surface area contributed by atoms with E-state index in [-0.39, 0.29) is 35.6 Å². The Labute approximate surface area is 180 Å². The van der Waals surface area contributed by atoms with Crippen molar-refractivity contribution in [2.24, 2.45) is 0 Å². The third-order valence-corrected chi connectivity index (χ3v) is 5.96. The fourth-order valence-electron chi connectivity index (χ4n) is 3.52. The fraction of sp³-hybridized carbons (Fsp3) is 0.421. The molecule has 0 aromatic carbocycles. The first-order chi connectivity index (χ1) is 14.5. The Hall–Kier alpha value is -2.40. The normalized spacial score (nSPS) is 15.6. The number of amides is 1. The highest BCUT2D eigenvalue weighted by atomic mass is 35.5. The van der Waals surface area contributed by atoms with Gasteiger partial charge >= 0.3 is 0 Å². The lowest BCUT2D eigenvalue weighted by Gasteiger charge is -2.28. The van der Waals surface area contributed by atoms with Crippen LogP contribution in [0.4, 0.5) is 0 Å². The summed E-state index contributed by atoms with van der Waals surface area (Å²) in [5, 5.41) is 12.5. The third-order valence-electron chi connectivity index (χ3n) is 4.93. The number of aromatic hydroxyl groups is 1. The summed E-state index contributed by atoms with van der Waals surface area (Å²) in [6, 6.07) is 1.17. The molecule has 1 N–H and O–H groups in total. The van der Waals surface area contributed by atoms with Gasteiger partial charge in [0.05, 0.1) is 24.8 Å². The smallest absolute Gasteiger partial charge is 0.227 e. The second kappa shape index (κ2) is 8.76. The lowest BCUT2D eigenvalue weighted by Crippen LogP contribution is -2.41. The van der Waals surface area contributed by atoms with Crippen LogP contribution in [0.15, 0.2) is 26.9 Å². The van der Waals surface area contributed by atoms with Crippen molar-refractivity contribution in [1.29, 1.82) is 0 Å². The van der Waals surface area contributed by atoms with Gasteiger partial charge in [-0.25, -0.2) is 4.98 Å². The zero-order valence-corrected chi connectivity index (χ0v) is 17.7. The first kappa shape index (κ1) is 20.9. The zero-order chi connectivity index (χ0) is 21.3. The van der Waals surface area contributed by atoms with Crippen LogP contribution in [0.2, 0.25) is 5.15 Å². The third kappa shape index (κ3) is 3.95.